The average molecular weight is 658 g/mol. The van der Waals surface area contributed by atoms with E-state index in [2.05, 4.69) is 43.0 Å². The van der Waals surface area contributed by atoms with Crippen LogP contribution in [0.15, 0.2) is 101 Å². The Morgan fingerprint density at radius 3 is 2.44 bits per heavy atom. The van der Waals surface area contributed by atoms with E-state index >= 15 is 0 Å². The molecule has 3 aromatic carbocycles. The van der Waals surface area contributed by atoms with Gasteiger partial charge in [0.2, 0.25) is 0 Å². The van der Waals surface area contributed by atoms with Gasteiger partial charge >= 0.3 is 0 Å². The summed E-state index contributed by atoms with van der Waals surface area (Å²) in [6, 6.07) is 21.5. The molecular formula is C32H29BrN6O3S. The first-order valence-electron chi connectivity index (χ1n) is 13.5. The van der Waals surface area contributed by atoms with Crippen LogP contribution in [0.2, 0.25) is 0 Å². The minimum Gasteiger partial charge on any atom is -0.389 e. The number of rotatable bonds is 8. The van der Waals surface area contributed by atoms with E-state index in [0.29, 0.717) is 22.5 Å². The molecule has 0 bridgehead atoms. The maximum Gasteiger partial charge on any atom is 0.261 e. The number of halogens is 1. The first kappa shape index (κ1) is 28.8. The van der Waals surface area contributed by atoms with Crippen molar-refractivity contribution < 1.29 is 13.5 Å². The van der Waals surface area contributed by atoms with E-state index in [0.717, 1.165) is 44.2 Å². The van der Waals surface area contributed by atoms with E-state index in [9.17, 15) is 13.5 Å². The lowest BCUT2D eigenvalue weighted by Gasteiger charge is -2.18. The van der Waals surface area contributed by atoms with Crippen LogP contribution < -0.4 is 10.0 Å². The van der Waals surface area contributed by atoms with E-state index in [1.54, 1.807) is 74.8 Å². The minimum absolute atomic E-state index is 0.172. The average Bonchev–Trinajstić information content (AvgIpc) is 3.36. The van der Waals surface area contributed by atoms with Crippen LogP contribution in [-0.4, -0.2) is 38.9 Å². The third-order valence-corrected chi connectivity index (χ3v) is 8.92. The molecule has 0 atom stereocenters. The SMILES string of the molecule is Cc1c(-c2nccc3cnc(Nc4ccc(NS(=O)(=O)c5cccc(Br)c5)cc4)cc23)ccc2c1cnn2CC(C)(C)O. The first-order chi connectivity index (χ1) is 20.5. The van der Waals surface area contributed by atoms with Crippen molar-refractivity contribution in [2.75, 3.05) is 10.0 Å². The Bertz CT molecular complexity index is 2090. The Kier molecular flexibility index (Phi) is 7.41. The molecule has 3 heterocycles. The highest BCUT2D eigenvalue weighted by atomic mass is 79.9. The third kappa shape index (κ3) is 6.10. The van der Waals surface area contributed by atoms with Crippen molar-refractivity contribution in [2.45, 2.75) is 37.8 Å². The van der Waals surface area contributed by atoms with Gasteiger partial charge in [-0.1, -0.05) is 28.1 Å². The number of aliphatic hydroxyl groups is 1. The molecule has 218 valence electrons. The largest absolute Gasteiger partial charge is 0.389 e. The summed E-state index contributed by atoms with van der Waals surface area (Å²) in [4.78, 5) is 9.50. The van der Waals surface area contributed by atoms with Crippen molar-refractivity contribution in [3.8, 4) is 11.3 Å². The molecule has 6 rings (SSSR count). The summed E-state index contributed by atoms with van der Waals surface area (Å²) < 4.78 is 30.7. The van der Waals surface area contributed by atoms with Gasteiger partial charge in [0.15, 0.2) is 0 Å². The van der Waals surface area contributed by atoms with Gasteiger partial charge in [-0.2, -0.15) is 5.10 Å². The van der Waals surface area contributed by atoms with Crippen molar-refractivity contribution in [3.63, 3.8) is 0 Å². The van der Waals surface area contributed by atoms with Crippen LogP contribution in [0.1, 0.15) is 19.4 Å². The van der Waals surface area contributed by atoms with Gasteiger partial charge in [0.1, 0.15) is 5.82 Å². The molecule has 9 nitrogen and oxygen atoms in total. The van der Waals surface area contributed by atoms with E-state index in [1.165, 1.54) is 0 Å². The van der Waals surface area contributed by atoms with Crippen LogP contribution in [-0.2, 0) is 16.6 Å². The lowest BCUT2D eigenvalue weighted by Crippen LogP contribution is -2.26. The summed E-state index contributed by atoms with van der Waals surface area (Å²) in [7, 11) is -3.72. The molecule has 0 unspecified atom stereocenters. The predicted molar refractivity (Wildman–Crippen MR) is 174 cm³/mol. The van der Waals surface area contributed by atoms with Crippen molar-refractivity contribution in [2.24, 2.45) is 0 Å². The Labute approximate surface area is 257 Å². The van der Waals surface area contributed by atoms with Crippen molar-refractivity contribution in [1.82, 2.24) is 19.7 Å². The number of nitrogens with one attached hydrogen (secondary N) is 2. The molecule has 3 aromatic heterocycles. The Balaban J connectivity index is 1.27. The molecule has 0 amide bonds. The van der Waals surface area contributed by atoms with Gasteiger partial charge in [-0.15, -0.1) is 0 Å². The standard InChI is InChI=1S/C32H29BrN6O3S/c1-20-26(11-12-29-28(20)18-36-39(29)19-32(2,3)40)31-27-16-30(35-17-21(27)13-14-34-31)37-23-7-9-24(10-8-23)38-43(41,42)25-6-4-5-22(33)15-25/h4-18,38,40H,19H2,1-3H3,(H,35,37). The summed E-state index contributed by atoms with van der Waals surface area (Å²) in [5.41, 5.74) is 4.13. The van der Waals surface area contributed by atoms with E-state index < -0.39 is 15.6 Å². The monoisotopic (exact) mass is 656 g/mol. The van der Waals surface area contributed by atoms with Crippen molar-refractivity contribution >= 4 is 64.8 Å². The maximum atomic E-state index is 12.8. The van der Waals surface area contributed by atoms with Gasteiger partial charge in [-0.25, -0.2) is 13.4 Å². The highest BCUT2D eigenvalue weighted by Crippen LogP contribution is 2.34. The molecule has 0 saturated heterocycles. The van der Waals surface area contributed by atoms with E-state index in [4.69, 9.17) is 4.98 Å². The molecule has 0 saturated carbocycles. The van der Waals surface area contributed by atoms with Gasteiger partial charge in [-0.3, -0.25) is 14.4 Å². The molecule has 11 heteroatoms. The zero-order valence-corrected chi connectivity index (χ0v) is 26.1. The van der Waals surface area contributed by atoms with Crippen LogP contribution in [0.4, 0.5) is 17.2 Å². The topological polar surface area (TPSA) is 122 Å². The summed E-state index contributed by atoms with van der Waals surface area (Å²) in [6.07, 6.45) is 5.42. The number of anilines is 3. The fourth-order valence-corrected chi connectivity index (χ4v) is 6.66. The molecule has 3 N–H and O–H groups in total. The number of nitrogens with zero attached hydrogens (tertiary/aromatic N) is 4. The van der Waals surface area contributed by atoms with E-state index in [-0.39, 0.29) is 4.90 Å². The van der Waals surface area contributed by atoms with Gasteiger partial charge in [0, 0.05) is 50.0 Å². The Morgan fingerprint density at radius 2 is 1.70 bits per heavy atom. The smallest absolute Gasteiger partial charge is 0.261 e. The predicted octanol–water partition coefficient (Wildman–Crippen LogP) is 7.03. The van der Waals surface area contributed by atoms with Gasteiger partial charge in [0.05, 0.1) is 34.4 Å². The fourth-order valence-electron chi connectivity index (χ4n) is 5.01. The van der Waals surface area contributed by atoms with Gasteiger partial charge in [-0.05, 0) is 87.0 Å². The number of fused-ring (bicyclic) bond motifs is 2. The maximum absolute atomic E-state index is 12.8. The summed E-state index contributed by atoms with van der Waals surface area (Å²) >= 11 is 3.31. The molecule has 0 aliphatic heterocycles. The van der Waals surface area contributed by atoms with Crippen LogP contribution in [0.5, 0.6) is 0 Å². The van der Waals surface area contributed by atoms with Crippen molar-refractivity contribution in [1.29, 1.82) is 0 Å². The minimum atomic E-state index is -3.72. The van der Waals surface area contributed by atoms with E-state index in [1.807, 2.05) is 35.1 Å². The molecule has 0 aliphatic rings. The quantitative estimate of drug-likeness (QED) is 0.161. The summed E-state index contributed by atoms with van der Waals surface area (Å²) in [5, 5.41) is 21.0. The van der Waals surface area contributed by atoms with Crippen LogP contribution in [0.25, 0.3) is 32.9 Å². The second-order valence-electron chi connectivity index (χ2n) is 11.0. The summed E-state index contributed by atoms with van der Waals surface area (Å²) in [5.74, 6) is 0.626. The highest BCUT2D eigenvalue weighted by Gasteiger charge is 2.19. The second kappa shape index (κ2) is 11.1. The third-order valence-electron chi connectivity index (χ3n) is 7.05. The fraction of sp³-hybridized carbons (Fsp3) is 0.156. The summed E-state index contributed by atoms with van der Waals surface area (Å²) in [6.45, 7) is 5.98. The van der Waals surface area contributed by atoms with Crippen molar-refractivity contribution in [3.05, 3.63) is 101 Å². The number of benzene rings is 3. The number of hydrogen-bond acceptors (Lipinski definition) is 7. The lowest BCUT2D eigenvalue weighted by atomic mass is 9.98. The second-order valence-corrected chi connectivity index (χ2v) is 13.6. The molecule has 0 fully saturated rings. The number of sulfonamides is 1. The molecule has 6 aromatic rings. The molecule has 0 spiro atoms. The number of hydrogen-bond donors (Lipinski definition) is 3. The van der Waals surface area contributed by atoms with Crippen LogP contribution >= 0.6 is 15.9 Å². The number of aromatic nitrogens is 4. The molecule has 43 heavy (non-hydrogen) atoms. The normalized spacial score (nSPS) is 12.1. The molecule has 0 aliphatic carbocycles. The number of pyridine rings is 2. The van der Waals surface area contributed by atoms with Crippen LogP contribution in [0, 0.1) is 6.92 Å². The molecular weight excluding hydrogens is 628 g/mol. The number of aryl methyl sites for hydroxylation is 1. The Hall–Kier alpha value is -4.32. The zero-order chi connectivity index (χ0) is 30.4. The van der Waals surface area contributed by atoms with Gasteiger partial charge < -0.3 is 10.4 Å². The lowest BCUT2D eigenvalue weighted by molar-refractivity contribution is 0.0591. The molecule has 0 radical (unpaired) electrons. The van der Waals surface area contributed by atoms with Crippen LogP contribution in [0.3, 0.4) is 0 Å². The highest BCUT2D eigenvalue weighted by molar-refractivity contribution is 9.10. The first-order valence-corrected chi connectivity index (χ1v) is 15.8. The van der Waals surface area contributed by atoms with Gasteiger partial charge in [0.25, 0.3) is 10.0 Å². The zero-order valence-electron chi connectivity index (χ0n) is 23.7. The Morgan fingerprint density at radius 1 is 0.930 bits per heavy atom.